The topological polar surface area (TPSA) is 81.5 Å². The summed E-state index contributed by atoms with van der Waals surface area (Å²) in [6.45, 7) is 0. The van der Waals surface area contributed by atoms with Crippen LogP contribution in [0.5, 0.6) is 11.6 Å². The minimum atomic E-state index is -1.15. The lowest BCUT2D eigenvalue weighted by Crippen LogP contribution is -2.05. The van der Waals surface area contributed by atoms with E-state index in [9.17, 15) is 4.79 Å². The van der Waals surface area contributed by atoms with Crippen molar-refractivity contribution < 1.29 is 19.4 Å². The smallest absolute Gasteiger partial charge is 0.354 e. The molecule has 0 amide bonds. The van der Waals surface area contributed by atoms with Gasteiger partial charge in [0.1, 0.15) is 5.75 Å². The Morgan fingerprint density at radius 2 is 1.95 bits per heavy atom. The standard InChI is InChI=1S/C13H11BrN2O4/c1-19-10-4-3-7(14)5-8(10)12-15-9(13(17)18)6-11(16-12)20-2/h3-6H,1-2H3,(H,17,18). The van der Waals surface area contributed by atoms with Crippen molar-refractivity contribution in [3.63, 3.8) is 0 Å². The average Bonchev–Trinajstić information content (AvgIpc) is 2.46. The molecule has 0 aliphatic heterocycles. The Morgan fingerprint density at radius 3 is 2.55 bits per heavy atom. The van der Waals surface area contributed by atoms with Gasteiger partial charge in [0.2, 0.25) is 5.88 Å². The van der Waals surface area contributed by atoms with Crippen LogP contribution in [0.4, 0.5) is 0 Å². The molecule has 6 nitrogen and oxygen atoms in total. The summed E-state index contributed by atoms with van der Waals surface area (Å²) in [5.74, 6) is -0.215. The molecule has 0 spiro atoms. The lowest BCUT2D eigenvalue weighted by molar-refractivity contribution is 0.0690. The molecule has 2 aromatic rings. The average molecular weight is 339 g/mol. The van der Waals surface area contributed by atoms with E-state index in [1.54, 1.807) is 18.2 Å². The molecule has 2 rings (SSSR count). The van der Waals surface area contributed by atoms with Crippen molar-refractivity contribution in [2.45, 2.75) is 0 Å². The van der Waals surface area contributed by atoms with Gasteiger partial charge in [-0.05, 0) is 18.2 Å². The Bertz CT molecular complexity index is 661. The highest BCUT2D eigenvalue weighted by Crippen LogP contribution is 2.31. The molecule has 0 aliphatic rings. The SMILES string of the molecule is COc1cc(C(=O)O)nc(-c2cc(Br)ccc2OC)n1. The van der Waals surface area contributed by atoms with Crippen molar-refractivity contribution >= 4 is 21.9 Å². The van der Waals surface area contributed by atoms with Crippen LogP contribution in [0, 0.1) is 0 Å². The molecule has 7 heteroatoms. The van der Waals surface area contributed by atoms with Gasteiger partial charge in [0.15, 0.2) is 11.5 Å². The summed E-state index contributed by atoms with van der Waals surface area (Å²) in [4.78, 5) is 19.3. The molecule has 0 aliphatic carbocycles. The normalized spacial score (nSPS) is 10.2. The van der Waals surface area contributed by atoms with Crippen molar-refractivity contribution in [3.8, 4) is 23.0 Å². The zero-order chi connectivity index (χ0) is 14.7. The number of halogens is 1. The molecular formula is C13H11BrN2O4. The summed E-state index contributed by atoms with van der Waals surface area (Å²) < 4.78 is 11.0. The van der Waals surface area contributed by atoms with Crippen LogP contribution in [0.25, 0.3) is 11.4 Å². The number of aromatic carboxylic acids is 1. The maximum atomic E-state index is 11.1. The quantitative estimate of drug-likeness (QED) is 0.922. The second-order valence-electron chi connectivity index (χ2n) is 3.77. The van der Waals surface area contributed by atoms with E-state index in [1.165, 1.54) is 20.3 Å². The summed E-state index contributed by atoms with van der Waals surface area (Å²) in [7, 11) is 2.93. The maximum absolute atomic E-state index is 11.1. The number of methoxy groups -OCH3 is 2. The molecule has 0 saturated heterocycles. The van der Waals surface area contributed by atoms with E-state index in [0.29, 0.717) is 11.3 Å². The van der Waals surface area contributed by atoms with Gasteiger partial charge in [-0.3, -0.25) is 0 Å². The van der Waals surface area contributed by atoms with Gasteiger partial charge in [-0.1, -0.05) is 15.9 Å². The zero-order valence-corrected chi connectivity index (χ0v) is 12.3. The van der Waals surface area contributed by atoms with Crippen molar-refractivity contribution in [3.05, 3.63) is 34.4 Å². The second-order valence-corrected chi connectivity index (χ2v) is 4.68. The zero-order valence-electron chi connectivity index (χ0n) is 10.8. The largest absolute Gasteiger partial charge is 0.496 e. The first-order chi connectivity index (χ1) is 9.55. The number of carbonyl (C=O) groups is 1. The van der Waals surface area contributed by atoms with E-state index in [-0.39, 0.29) is 17.4 Å². The van der Waals surface area contributed by atoms with Crippen LogP contribution < -0.4 is 9.47 Å². The Kier molecular flexibility index (Phi) is 4.19. The molecule has 0 unspecified atom stereocenters. The Hall–Kier alpha value is -2.15. The molecule has 0 radical (unpaired) electrons. The van der Waals surface area contributed by atoms with Crippen molar-refractivity contribution in [2.75, 3.05) is 14.2 Å². The van der Waals surface area contributed by atoms with Gasteiger partial charge in [0.25, 0.3) is 0 Å². The van der Waals surface area contributed by atoms with E-state index in [4.69, 9.17) is 14.6 Å². The number of hydrogen-bond acceptors (Lipinski definition) is 5. The van der Waals surface area contributed by atoms with Crippen molar-refractivity contribution in [2.24, 2.45) is 0 Å². The van der Waals surface area contributed by atoms with Crippen LogP contribution in [-0.4, -0.2) is 35.3 Å². The highest BCUT2D eigenvalue weighted by Gasteiger charge is 2.15. The third-order valence-corrected chi connectivity index (χ3v) is 3.03. The molecule has 104 valence electrons. The molecule has 0 bridgehead atoms. The van der Waals surface area contributed by atoms with Crippen molar-refractivity contribution in [1.82, 2.24) is 9.97 Å². The number of carboxylic acid groups (broad SMARTS) is 1. The van der Waals surface area contributed by atoms with Crippen molar-refractivity contribution in [1.29, 1.82) is 0 Å². The Labute approximate surface area is 123 Å². The lowest BCUT2D eigenvalue weighted by atomic mass is 10.2. The number of rotatable bonds is 4. The lowest BCUT2D eigenvalue weighted by Gasteiger charge is -2.09. The number of hydrogen-bond donors (Lipinski definition) is 1. The van der Waals surface area contributed by atoms with Gasteiger partial charge in [-0.15, -0.1) is 0 Å². The predicted molar refractivity (Wildman–Crippen MR) is 75.2 cm³/mol. The van der Waals surface area contributed by atoms with E-state index < -0.39 is 5.97 Å². The highest BCUT2D eigenvalue weighted by atomic mass is 79.9. The Morgan fingerprint density at radius 1 is 1.20 bits per heavy atom. The number of benzene rings is 1. The van der Waals surface area contributed by atoms with E-state index in [1.807, 2.05) is 0 Å². The molecule has 20 heavy (non-hydrogen) atoms. The van der Waals surface area contributed by atoms with E-state index >= 15 is 0 Å². The molecule has 0 atom stereocenters. The third-order valence-electron chi connectivity index (χ3n) is 2.53. The van der Waals surface area contributed by atoms with Gasteiger partial charge >= 0.3 is 5.97 Å². The molecular weight excluding hydrogens is 328 g/mol. The van der Waals surface area contributed by atoms with E-state index in [0.717, 1.165) is 4.47 Å². The third kappa shape index (κ3) is 2.88. The first-order valence-corrected chi connectivity index (χ1v) is 6.34. The number of carboxylic acids is 1. The fourth-order valence-corrected chi connectivity index (χ4v) is 1.98. The summed E-state index contributed by atoms with van der Waals surface area (Å²) in [6.07, 6.45) is 0. The molecule has 0 saturated carbocycles. The van der Waals surface area contributed by atoms with Gasteiger partial charge in [-0.2, -0.15) is 4.98 Å². The first kappa shape index (κ1) is 14.3. The number of aromatic nitrogens is 2. The number of ether oxygens (including phenoxy) is 2. The Balaban J connectivity index is 2.65. The molecule has 0 fully saturated rings. The highest BCUT2D eigenvalue weighted by molar-refractivity contribution is 9.10. The van der Waals surface area contributed by atoms with Crippen LogP contribution >= 0.6 is 15.9 Å². The summed E-state index contributed by atoms with van der Waals surface area (Å²) >= 11 is 3.35. The van der Waals surface area contributed by atoms with Gasteiger partial charge in [0, 0.05) is 10.5 Å². The predicted octanol–water partition coefficient (Wildman–Crippen LogP) is 2.62. The molecule has 1 heterocycles. The fraction of sp³-hybridized carbons (Fsp3) is 0.154. The van der Waals surface area contributed by atoms with Crippen LogP contribution in [0.3, 0.4) is 0 Å². The van der Waals surface area contributed by atoms with Gasteiger partial charge in [0.05, 0.1) is 19.8 Å². The van der Waals surface area contributed by atoms with Crippen LogP contribution in [0.2, 0.25) is 0 Å². The van der Waals surface area contributed by atoms with Crippen LogP contribution in [0.1, 0.15) is 10.5 Å². The maximum Gasteiger partial charge on any atom is 0.354 e. The number of nitrogens with zero attached hydrogens (tertiary/aromatic N) is 2. The van der Waals surface area contributed by atoms with Gasteiger partial charge in [-0.25, -0.2) is 9.78 Å². The van der Waals surface area contributed by atoms with E-state index in [2.05, 4.69) is 25.9 Å². The minimum absolute atomic E-state index is 0.145. The second kappa shape index (κ2) is 5.87. The summed E-state index contributed by atoms with van der Waals surface area (Å²) in [5, 5.41) is 9.07. The first-order valence-electron chi connectivity index (χ1n) is 5.55. The molecule has 1 aromatic carbocycles. The fourth-order valence-electron chi connectivity index (χ4n) is 1.61. The summed E-state index contributed by atoms with van der Waals surface area (Å²) in [5.41, 5.74) is 0.428. The van der Waals surface area contributed by atoms with Gasteiger partial charge < -0.3 is 14.6 Å². The molecule has 1 N–H and O–H groups in total. The van der Waals surface area contributed by atoms with Crippen LogP contribution in [-0.2, 0) is 0 Å². The monoisotopic (exact) mass is 338 g/mol. The van der Waals surface area contributed by atoms with Crippen LogP contribution in [0.15, 0.2) is 28.7 Å². The molecule has 1 aromatic heterocycles. The summed E-state index contributed by atoms with van der Waals surface area (Å²) in [6, 6.07) is 6.55. The minimum Gasteiger partial charge on any atom is -0.496 e.